The van der Waals surface area contributed by atoms with Gasteiger partial charge in [-0.15, -0.1) is 0 Å². The van der Waals surface area contributed by atoms with E-state index >= 15 is 0 Å². The maximum atomic E-state index is 12.2. The molecule has 0 aliphatic carbocycles. The summed E-state index contributed by atoms with van der Waals surface area (Å²) in [6.45, 7) is 6.86. The molecule has 35 heavy (non-hydrogen) atoms. The lowest BCUT2D eigenvalue weighted by Crippen LogP contribution is -2.67. The average molecular weight is 501 g/mol. The van der Waals surface area contributed by atoms with Gasteiger partial charge >= 0.3 is 5.97 Å². The number of ether oxygens (including phenoxy) is 5. The van der Waals surface area contributed by atoms with Gasteiger partial charge in [0.1, 0.15) is 25.8 Å². The highest BCUT2D eigenvalue weighted by molar-refractivity contribution is 6.99. The molecule has 0 spiro atoms. The Balaban J connectivity index is 2.00. The monoisotopic (exact) mass is 500 g/mol. The van der Waals surface area contributed by atoms with Crippen LogP contribution >= 0.6 is 0 Å². The number of cyclic esters (lactones) is 1. The summed E-state index contributed by atoms with van der Waals surface area (Å²) in [5.41, 5.74) is 0. The molecule has 0 bridgehead atoms. The van der Waals surface area contributed by atoms with E-state index < -0.39 is 32.6 Å². The Morgan fingerprint density at radius 3 is 2.00 bits per heavy atom. The molecular weight excluding hydrogens is 464 g/mol. The van der Waals surface area contributed by atoms with Gasteiger partial charge in [0, 0.05) is 20.3 Å². The Morgan fingerprint density at radius 2 is 1.49 bits per heavy atom. The molecule has 0 saturated heterocycles. The van der Waals surface area contributed by atoms with Gasteiger partial charge in [0.05, 0.1) is 6.61 Å². The van der Waals surface area contributed by atoms with Crippen LogP contribution in [-0.2, 0) is 32.9 Å². The van der Waals surface area contributed by atoms with Gasteiger partial charge in [-0.3, -0.25) is 0 Å². The molecule has 0 unspecified atom stereocenters. The van der Waals surface area contributed by atoms with Gasteiger partial charge in [-0.05, 0) is 21.5 Å². The number of carbonyl (C=O) groups is 1. The third-order valence-corrected chi connectivity index (χ3v) is 11.0. The molecule has 0 amide bonds. The molecule has 1 aliphatic rings. The third-order valence-electron chi connectivity index (χ3n) is 6.02. The summed E-state index contributed by atoms with van der Waals surface area (Å²) >= 11 is 0. The van der Waals surface area contributed by atoms with Crippen LogP contribution in [0.15, 0.2) is 72.8 Å². The predicted molar refractivity (Wildman–Crippen MR) is 136 cm³/mol. The van der Waals surface area contributed by atoms with Gasteiger partial charge in [0.15, 0.2) is 6.10 Å². The quantitative estimate of drug-likeness (QED) is 0.252. The number of esters is 1. The highest BCUT2D eigenvalue weighted by Crippen LogP contribution is 2.37. The summed E-state index contributed by atoms with van der Waals surface area (Å²) in [6, 6.07) is 20.7. The minimum absolute atomic E-state index is 0.0174. The van der Waals surface area contributed by atoms with Crippen molar-refractivity contribution < 1.29 is 32.9 Å². The normalized spacial score (nSPS) is 19.4. The van der Waals surface area contributed by atoms with Crippen molar-refractivity contribution in [2.24, 2.45) is 0 Å². The van der Waals surface area contributed by atoms with Gasteiger partial charge in [0.25, 0.3) is 8.32 Å². The van der Waals surface area contributed by atoms with E-state index in [0.717, 1.165) is 10.4 Å². The van der Waals surface area contributed by atoms with Crippen LogP contribution in [0.2, 0.25) is 5.04 Å². The second-order valence-corrected chi connectivity index (χ2v) is 13.7. The van der Waals surface area contributed by atoms with Crippen molar-refractivity contribution >= 4 is 24.7 Å². The molecule has 3 rings (SSSR count). The highest BCUT2D eigenvalue weighted by atomic mass is 28.4. The van der Waals surface area contributed by atoms with Gasteiger partial charge in [-0.25, -0.2) is 4.79 Å². The first-order valence-corrected chi connectivity index (χ1v) is 13.6. The summed E-state index contributed by atoms with van der Waals surface area (Å²) in [7, 11) is 0.264. The van der Waals surface area contributed by atoms with Gasteiger partial charge in [0.2, 0.25) is 0 Å². The van der Waals surface area contributed by atoms with Crippen molar-refractivity contribution in [3.63, 3.8) is 0 Å². The third kappa shape index (κ3) is 6.46. The summed E-state index contributed by atoms with van der Waals surface area (Å²) in [5, 5.41) is 2.09. The lowest BCUT2D eigenvalue weighted by molar-refractivity contribution is -0.191. The van der Waals surface area contributed by atoms with Crippen molar-refractivity contribution in [1.82, 2.24) is 0 Å². The van der Waals surface area contributed by atoms with Crippen molar-refractivity contribution in [2.75, 3.05) is 34.4 Å². The first-order chi connectivity index (χ1) is 16.8. The Bertz CT molecular complexity index is 904. The van der Waals surface area contributed by atoms with E-state index in [1.165, 1.54) is 6.08 Å². The average Bonchev–Trinajstić information content (AvgIpc) is 2.86. The van der Waals surface area contributed by atoms with Crippen LogP contribution in [-0.4, -0.2) is 67.0 Å². The van der Waals surface area contributed by atoms with Gasteiger partial charge in [-0.1, -0.05) is 81.4 Å². The van der Waals surface area contributed by atoms with Crippen LogP contribution in [0.4, 0.5) is 0 Å². The molecule has 1 heterocycles. The Hall–Kier alpha value is -2.33. The summed E-state index contributed by atoms with van der Waals surface area (Å²) in [5.74, 6) is -0.455. The molecule has 0 N–H and O–H groups in total. The lowest BCUT2D eigenvalue weighted by Gasteiger charge is -2.44. The zero-order chi connectivity index (χ0) is 25.3. The fourth-order valence-electron chi connectivity index (χ4n) is 4.47. The molecule has 2 aromatic rings. The van der Waals surface area contributed by atoms with Crippen LogP contribution in [0.1, 0.15) is 20.8 Å². The standard InChI is InChI=1S/C27H36O7Si/c1-27(2,3)35(21-12-8-6-9-13-21,22-14-10-7-11-15-22)33-18-24(32-20-30-5)26-23(31-19-29-4)16-17-25(28)34-26/h6-17,23-24,26H,18-20H2,1-5H3/t23-,24+,26+/m0/s1. The Morgan fingerprint density at radius 1 is 0.914 bits per heavy atom. The second-order valence-electron chi connectivity index (χ2n) is 9.38. The molecule has 3 atom stereocenters. The van der Waals surface area contributed by atoms with Crippen molar-refractivity contribution in [3.05, 3.63) is 72.8 Å². The van der Waals surface area contributed by atoms with Crippen molar-refractivity contribution in [1.29, 1.82) is 0 Å². The molecule has 0 fully saturated rings. The SMILES string of the molecule is COCO[C@H]1C=CC(=O)O[C@H]1[C@@H](CO[Si](c1ccccc1)(c1ccccc1)C(C)(C)C)OCOC. The maximum absolute atomic E-state index is 12.2. The fraction of sp³-hybridized carbons (Fsp3) is 0.444. The molecule has 8 heteroatoms. The number of carbonyl (C=O) groups excluding carboxylic acids is 1. The first-order valence-electron chi connectivity index (χ1n) is 11.7. The number of hydrogen-bond acceptors (Lipinski definition) is 7. The Kier molecular flexibility index (Phi) is 9.79. The number of rotatable bonds is 12. The number of hydrogen-bond donors (Lipinski definition) is 0. The number of benzene rings is 2. The summed E-state index contributed by atoms with van der Waals surface area (Å²) in [6.07, 6.45) is 1.12. The largest absolute Gasteiger partial charge is 0.453 e. The molecule has 7 nitrogen and oxygen atoms in total. The topological polar surface area (TPSA) is 72.5 Å². The van der Waals surface area contributed by atoms with Crippen molar-refractivity contribution in [3.8, 4) is 0 Å². The minimum Gasteiger partial charge on any atom is -0.453 e. The zero-order valence-electron chi connectivity index (χ0n) is 21.1. The van der Waals surface area contributed by atoms with E-state index in [0.29, 0.717) is 0 Å². The van der Waals surface area contributed by atoms with Crippen LogP contribution in [0.5, 0.6) is 0 Å². The van der Waals surface area contributed by atoms with E-state index in [2.05, 4.69) is 45.0 Å². The van der Waals surface area contributed by atoms with E-state index in [1.54, 1.807) is 20.3 Å². The number of methoxy groups -OCH3 is 2. The summed E-state index contributed by atoms with van der Waals surface area (Å²) < 4.78 is 34.7. The minimum atomic E-state index is -2.82. The summed E-state index contributed by atoms with van der Waals surface area (Å²) in [4.78, 5) is 12.2. The highest BCUT2D eigenvalue weighted by Gasteiger charge is 2.51. The molecular formula is C27H36O7Si. The van der Waals surface area contributed by atoms with Crippen LogP contribution in [0.25, 0.3) is 0 Å². The zero-order valence-corrected chi connectivity index (χ0v) is 22.1. The second kappa shape index (κ2) is 12.6. The Labute approximate surface area is 209 Å². The van der Waals surface area contributed by atoms with E-state index in [1.807, 2.05) is 36.4 Å². The van der Waals surface area contributed by atoms with Gasteiger partial charge in [-0.2, -0.15) is 0 Å². The van der Waals surface area contributed by atoms with Crippen LogP contribution in [0.3, 0.4) is 0 Å². The molecule has 0 saturated carbocycles. The van der Waals surface area contributed by atoms with E-state index in [9.17, 15) is 4.79 Å². The van der Waals surface area contributed by atoms with Crippen molar-refractivity contribution in [2.45, 2.75) is 44.1 Å². The van der Waals surface area contributed by atoms with Crippen LogP contribution < -0.4 is 10.4 Å². The first kappa shape index (κ1) is 27.3. The molecule has 0 radical (unpaired) electrons. The maximum Gasteiger partial charge on any atom is 0.330 e. The molecule has 2 aromatic carbocycles. The lowest BCUT2D eigenvalue weighted by atomic mass is 10.1. The predicted octanol–water partition coefficient (Wildman–Crippen LogP) is 3.02. The van der Waals surface area contributed by atoms with Gasteiger partial charge < -0.3 is 28.1 Å². The smallest absolute Gasteiger partial charge is 0.330 e. The van der Waals surface area contributed by atoms with Crippen LogP contribution in [0, 0.1) is 0 Å². The van der Waals surface area contributed by atoms with E-state index in [4.69, 9.17) is 28.1 Å². The molecule has 0 aromatic heterocycles. The van der Waals surface area contributed by atoms with E-state index in [-0.39, 0.29) is 25.2 Å². The molecule has 190 valence electrons. The molecule has 1 aliphatic heterocycles. The fourth-order valence-corrected chi connectivity index (χ4v) is 9.04.